The SMILES string of the molecule is Cc1nsc(NC(=O)C2CCC(CN)O2)c1C(=O)O. The number of hydrogen-bond acceptors (Lipinski definition) is 6. The van der Waals surface area contributed by atoms with E-state index < -0.39 is 12.1 Å². The van der Waals surface area contributed by atoms with Gasteiger partial charge in [0.15, 0.2) is 0 Å². The van der Waals surface area contributed by atoms with Crippen LogP contribution >= 0.6 is 11.5 Å². The van der Waals surface area contributed by atoms with Gasteiger partial charge >= 0.3 is 5.97 Å². The van der Waals surface area contributed by atoms with Crippen LogP contribution in [0, 0.1) is 6.92 Å². The number of rotatable bonds is 4. The second-order valence-corrected chi connectivity index (χ2v) is 5.10. The van der Waals surface area contributed by atoms with Crippen LogP contribution in [0.25, 0.3) is 0 Å². The normalized spacial score (nSPS) is 22.4. The van der Waals surface area contributed by atoms with Crippen molar-refractivity contribution in [3.8, 4) is 0 Å². The lowest BCUT2D eigenvalue weighted by Crippen LogP contribution is -2.30. The number of nitrogens with one attached hydrogen (secondary N) is 1. The summed E-state index contributed by atoms with van der Waals surface area (Å²) in [5.74, 6) is -1.45. The number of carbonyl (C=O) groups excluding carboxylic acids is 1. The monoisotopic (exact) mass is 285 g/mol. The Labute approximate surface area is 113 Å². The van der Waals surface area contributed by atoms with E-state index in [1.807, 2.05) is 0 Å². The summed E-state index contributed by atoms with van der Waals surface area (Å²) in [4.78, 5) is 23.0. The van der Waals surface area contributed by atoms with Crippen LogP contribution in [0.2, 0.25) is 0 Å². The second-order valence-electron chi connectivity index (χ2n) is 4.33. The molecule has 1 saturated heterocycles. The van der Waals surface area contributed by atoms with E-state index in [1.54, 1.807) is 6.92 Å². The maximum absolute atomic E-state index is 12.0. The third-order valence-electron chi connectivity index (χ3n) is 2.98. The molecular formula is C11H15N3O4S. The number of ether oxygens (including phenoxy) is 1. The molecule has 104 valence electrons. The van der Waals surface area contributed by atoms with E-state index in [1.165, 1.54) is 0 Å². The molecule has 0 bridgehead atoms. The predicted octanol–water partition coefficient (Wildman–Crippen LogP) is 0.595. The molecule has 1 aliphatic heterocycles. The van der Waals surface area contributed by atoms with Gasteiger partial charge in [0, 0.05) is 6.54 Å². The van der Waals surface area contributed by atoms with Crippen molar-refractivity contribution < 1.29 is 19.4 Å². The maximum Gasteiger partial charge on any atom is 0.340 e. The summed E-state index contributed by atoms with van der Waals surface area (Å²) in [6.45, 7) is 1.97. The molecule has 0 saturated carbocycles. The number of carboxylic acids is 1. The zero-order valence-electron chi connectivity index (χ0n) is 10.4. The lowest BCUT2D eigenvalue weighted by molar-refractivity contribution is -0.126. The Kier molecular flexibility index (Phi) is 4.13. The molecule has 2 rings (SSSR count). The van der Waals surface area contributed by atoms with E-state index in [9.17, 15) is 9.59 Å². The smallest absolute Gasteiger partial charge is 0.340 e. The summed E-state index contributed by atoms with van der Waals surface area (Å²) < 4.78 is 9.39. The highest BCUT2D eigenvalue weighted by Gasteiger charge is 2.31. The Bertz CT molecular complexity index is 502. The fourth-order valence-corrected chi connectivity index (χ4v) is 2.76. The number of hydrogen-bond donors (Lipinski definition) is 3. The van der Waals surface area contributed by atoms with Crippen LogP contribution in [-0.2, 0) is 9.53 Å². The number of carboxylic acid groups (broad SMARTS) is 1. The van der Waals surface area contributed by atoms with Crippen molar-refractivity contribution in [2.24, 2.45) is 5.73 Å². The molecule has 0 spiro atoms. The summed E-state index contributed by atoms with van der Waals surface area (Å²) >= 11 is 0.955. The molecule has 8 heteroatoms. The van der Waals surface area contributed by atoms with Gasteiger partial charge < -0.3 is 20.9 Å². The van der Waals surface area contributed by atoms with Gasteiger partial charge in [0.05, 0.1) is 11.8 Å². The quantitative estimate of drug-likeness (QED) is 0.746. The molecule has 2 atom stereocenters. The molecule has 1 aromatic heterocycles. The number of aryl methyl sites for hydroxylation is 1. The highest BCUT2D eigenvalue weighted by molar-refractivity contribution is 7.11. The van der Waals surface area contributed by atoms with Crippen LogP contribution < -0.4 is 11.1 Å². The fraction of sp³-hybridized carbons (Fsp3) is 0.545. The largest absolute Gasteiger partial charge is 0.478 e. The number of aromatic nitrogens is 1. The minimum Gasteiger partial charge on any atom is -0.478 e. The lowest BCUT2D eigenvalue weighted by atomic mass is 10.2. The molecular weight excluding hydrogens is 270 g/mol. The number of nitrogens with zero attached hydrogens (tertiary/aromatic N) is 1. The van der Waals surface area contributed by atoms with E-state index in [2.05, 4.69) is 9.69 Å². The van der Waals surface area contributed by atoms with Gasteiger partial charge in [0.25, 0.3) is 5.91 Å². The molecule has 19 heavy (non-hydrogen) atoms. The Balaban J connectivity index is 2.06. The zero-order chi connectivity index (χ0) is 14.0. The summed E-state index contributed by atoms with van der Waals surface area (Å²) in [5.41, 5.74) is 5.90. The standard InChI is InChI=1S/C11H15N3O4S/c1-5-8(11(16)17)10(19-14-5)13-9(15)7-3-2-6(4-12)18-7/h6-7H,2-4,12H2,1H3,(H,13,15)(H,16,17). The molecule has 1 aromatic rings. The van der Waals surface area contributed by atoms with Gasteiger partial charge in [-0.2, -0.15) is 4.37 Å². The third-order valence-corrected chi connectivity index (χ3v) is 3.83. The third kappa shape index (κ3) is 2.91. The second kappa shape index (κ2) is 5.64. The van der Waals surface area contributed by atoms with Crippen LogP contribution in [0.5, 0.6) is 0 Å². The average Bonchev–Trinajstić information content (AvgIpc) is 2.96. The first-order valence-electron chi connectivity index (χ1n) is 5.89. The van der Waals surface area contributed by atoms with E-state index in [4.69, 9.17) is 15.6 Å². The molecule has 1 aliphatic rings. The fourth-order valence-electron chi connectivity index (χ4n) is 1.97. The first kappa shape index (κ1) is 13.9. The first-order valence-corrected chi connectivity index (χ1v) is 6.66. The number of amides is 1. The van der Waals surface area contributed by atoms with Crippen LogP contribution in [-0.4, -0.2) is 40.1 Å². The topological polar surface area (TPSA) is 115 Å². The zero-order valence-corrected chi connectivity index (χ0v) is 11.2. The highest BCUT2D eigenvalue weighted by Crippen LogP contribution is 2.26. The van der Waals surface area contributed by atoms with Gasteiger partial charge in [-0.3, -0.25) is 4.79 Å². The van der Waals surface area contributed by atoms with Gasteiger partial charge in [0.1, 0.15) is 16.7 Å². The number of anilines is 1. The van der Waals surface area contributed by atoms with Crippen LogP contribution in [0.1, 0.15) is 28.9 Å². The minimum atomic E-state index is -1.10. The van der Waals surface area contributed by atoms with E-state index >= 15 is 0 Å². The minimum absolute atomic E-state index is 0.0340. The van der Waals surface area contributed by atoms with E-state index in [0.717, 1.165) is 18.0 Å². The van der Waals surface area contributed by atoms with Crippen molar-refractivity contribution in [2.75, 3.05) is 11.9 Å². The lowest BCUT2D eigenvalue weighted by Gasteiger charge is -2.11. The molecule has 0 aromatic carbocycles. The first-order chi connectivity index (χ1) is 9.02. The molecule has 1 fully saturated rings. The Morgan fingerprint density at radius 2 is 2.32 bits per heavy atom. The summed E-state index contributed by atoms with van der Waals surface area (Å²) in [5, 5.41) is 11.9. The van der Waals surface area contributed by atoms with Crippen molar-refractivity contribution in [1.29, 1.82) is 0 Å². The highest BCUT2D eigenvalue weighted by atomic mass is 32.1. The summed E-state index contributed by atoms with van der Waals surface area (Å²) in [7, 11) is 0. The van der Waals surface area contributed by atoms with Gasteiger partial charge in [-0.25, -0.2) is 4.79 Å². The van der Waals surface area contributed by atoms with Crippen molar-refractivity contribution in [3.05, 3.63) is 11.3 Å². The van der Waals surface area contributed by atoms with Crippen molar-refractivity contribution in [2.45, 2.75) is 32.0 Å². The molecule has 2 unspecified atom stereocenters. The van der Waals surface area contributed by atoms with Crippen LogP contribution in [0.3, 0.4) is 0 Å². The van der Waals surface area contributed by atoms with Crippen molar-refractivity contribution >= 4 is 28.4 Å². The predicted molar refractivity (Wildman–Crippen MR) is 69.4 cm³/mol. The molecule has 2 heterocycles. The molecule has 7 nitrogen and oxygen atoms in total. The Hall–Kier alpha value is -1.51. The van der Waals surface area contributed by atoms with Crippen LogP contribution in [0.4, 0.5) is 5.00 Å². The average molecular weight is 285 g/mol. The van der Waals surface area contributed by atoms with Gasteiger partial charge in [-0.1, -0.05) is 0 Å². The van der Waals surface area contributed by atoms with Crippen LogP contribution in [0.15, 0.2) is 0 Å². The number of aromatic carboxylic acids is 1. The molecule has 0 radical (unpaired) electrons. The van der Waals surface area contributed by atoms with Gasteiger partial charge in [-0.05, 0) is 31.3 Å². The van der Waals surface area contributed by atoms with Crippen molar-refractivity contribution in [1.82, 2.24) is 4.37 Å². The Morgan fingerprint density at radius 1 is 1.58 bits per heavy atom. The molecule has 4 N–H and O–H groups in total. The Morgan fingerprint density at radius 3 is 2.89 bits per heavy atom. The molecule has 0 aliphatic carbocycles. The van der Waals surface area contributed by atoms with Gasteiger partial charge in [-0.15, -0.1) is 0 Å². The number of nitrogens with two attached hydrogens (primary N) is 1. The van der Waals surface area contributed by atoms with Gasteiger partial charge in [0.2, 0.25) is 0 Å². The maximum atomic E-state index is 12.0. The molecule has 1 amide bonds. The number of carbonyl (C=O) groups is 2. The summed E-state index contributed by atoms with van der Waals surface area (Å²) in [6, 6.07) is 0. The van der Waals surface area contributed by atoms with Crippen molar-refractivity contribution in [3.63, 3.8) is 0 Å². The van der Waals surface area contributed by atoms with E-state index in [0.29, 0.717) is 18.7 Å². The summed E-state index contributed by atoms with van der Waals surface area (Å²) in [6.07, 6.45) is 0.659. The van der Waals surface area contributed by atoms with E-state index in [-0.39, 0.29) is 22.6 Å².